The number of pyridine rings is 1. The van der Waals surface area contributed by atoms with Crippen LogP contribution in [-0.4, -0.2) is 19.7 Å². The molecule has 0 unspecified atom stereocenters. The van der Waals surface area contributed by atoms with E-state index >= 15 is 0 Å². The van der Waals surface area contributed by atoms with Gasteiger partial charge in [0.1, 0.15) is 0 Å². The first-order valence-corrected chi connectivity index (χ1v) is 12.8. The molecule has 2 heterocycles. The number of nitro benzene ring substituents is 1. The molecule has 2 aromatic carbocycles. The van der Waals surface area contributed by atoms with Gasteiger partial charge in [-0.15, -0.1) is 0 Å². The lowest BCUT2D eigenvalue weighted by Crippen LogP contribution is -2.05. The molecule has 0 aliphatic heterocycles. The van der Waals surface area contributed by atoms with E-state index in [0.29, 0.717) is 0 Å². The first kappa shape index (κ1) is 23.2. The summed E-state index contributed by atoms with van der Waals surface area (Å²) in [4.78, 5) is 16.1. The summed E-state index contributed by atoms with van der Waals surface area (Å²) in [6.45, 7) is 2.09. The zero-order valence-corrected chi connectivity index (χ0v) is 20.4. The number of aryl methyl sites for hydroxylation is 2. The average molecular weight is 469 g/mol. The van der Waals surface area contributed by atoms with E-state index < -0.39 is 0 Å². The maximum Gasteiger partial charge on any atom is 0.269 e. The van der Waals surface area contributed by atoms with Crippen molar-refractivity contribution in [3.63, 3.8) is 0 Å². The maximum atomic E-state index is 11.3. The Morgan fingerprint density at radius 3 is 2.03 bits per heavy atom. The molecular formula is C29H32N4O2. The van der Waals surface area contributed by atoms with Gasteiger partial charge in [-0.1, -0.05) is 56.7 Å². The van der Waals surface area contributed by atoms with E-state index in [1.807, 2.05) is 35.0 Å². The third kappa shape index (κ3) is 4.83. The molecule has 1 aliphatic carbocycles. The first-order valence-electron chi connectivity index (χ1n) is 12.8. The lowest BCUT2D eigenvalue weighted by atomic mass is 9.89. The Hall–Kier alpha value is -3.54. The maximum absolute atomic E-state index is 11.3. The molecule has 0 N–H and O–H groups in total. The second kappa shape index (κ2) is 10.4. The van der Waals surface area contributed by atoms with Gasteiger partial charge < -0.3 is 0 Å². The fraction of sp³-hybridized carbons (Fsp3) is 0.379. The second-order valence-electron chi connectivity index (χ2n) is 9.58. The summed E-state index contributed by atoms with van der Waals surface area (Å²) < 4.78 is 1.95. The summed E-state index contributed by atoms with van der Waals surface area (Å²) >= 11 is 0. The molecule has 0 atom stereocenters. The molecule has 1 aliphatic rings. The van der Waals surface area contributed by atoms with Crippen molar-refractivity contribution in [1.29, 1.82) is 0 Å². The van der Waals surface area contributed by atoms with E-state index in [-0.39, 0.29) is 10.6 Å². The normalized spacial score (nSPS) is 15.2. The van der Waals surface area contributed by atoms with Gasteiger partial charge in [0.05, 0.1) is 22.0 Å². The van der Waals surface area contributed by atoms with Crippen molar-refractivity contribution in [2.75, 3.05) is 0 Å². The molecule has 0 bridgehead atoms. The van der Waals surface area contributed by atoms with Crippen LogP contribution >= 0.6 is 0 Å². The minimum Gasteiger partial charge on any atom is -0.258 e. The van der Waals surface area contributed by atoms with Crippen molar-refractivity contribution in [2.24, 2.45) is 0 Å². The smallest absolute Gasteiger partial charge is 0.258 e. The van der Waals surface area contributed by atoms with Gasteiger partial charge in [0.15, 0.2) is 5.65 Å². The molecule has 35 heavy (non-hydrogen) atoms. The van der Waals surface area contributed by atoms with Crippen LogP contribution in [0.3, 0.4) is 0 Å². The van der Waals surface area contributed by atoms with Crippen LogP contribution in [0.5, 0.6) is 0 Å². The van der Waals surface area contributed by atoms with Crippen LogP contribution in [0.1, 0.15) is 68.2 Å². The molecular weight excluding hydrogens is 436 g/mol. The van der Waals surface area contributed by atoms with E-state index in [0.717, 1.165) is 54.0 Å². The van der Waals surface area contributed by atoms with Crippen LogP contribution in [-0.2, 0) is 12.8 Å². The van der Waals surface area contributed by atoms with Crippen LogP contribution < -0.4 is 0 Å². The Kier molecular flexibility index (Phi) is 6.89. The molecule has 0 spiro atoms. The monoisotopic (exact) mass is 468 g/mol. The van der Waals surface area contributed by atoms with Crippen molar-refractivity contribution in [3.8, 4) is 16.9 Å². The Morgan fingerprint density at radius 1 is 0.800 bits per heavy atom. The topological polar surface area (TPSA) is 73.8 Å². The molecule has 5 rings (SSSR count). The van der Waals surface area contributed by atoms with E-state index in [2.05, 4.69) is 19.1 Å². The number of nitro groups is 1. The number of hydrogen-bond donors (Lipinski definition) is 0. The Balaban J connectivity index is 1.74. The molecule has 180 valence electrons. The van der Waals surface area contributed by atoms with E-state index in [1.54, 1.807) is 12.1 Å². The summed E-state index contributed by atoms with van der Waals surface area (Å²) in [6.07, 6.45) is 12.0. The molecule has 6 heteroatoms. The van der Waals surface area contributed by atoms with E-state index in [4.69, 9.17) is 10.1 Å². The van der Waals surface area contributed by atoms with Crippen LogP contribution in [0.25, 0.3) is 28.0 Å². The molecule has 0 saturated carbocycles. The second-order valence-corrected chi connectivity index (χ2v) is 9.58. The van der Waals surface area contributed by atoms with Gasteiger partial charge in [0.2, 0.25) is 0 Å². The van der Waals surface area contributed by atoms with Gasteiger partial charge in [-0.05, 0) is 68.0 Å². The zero-order chi connectivity index (χ0) is 24.2. The Bertz CT molecular complexity index is 1330. The van der Waals surface area contributed by atoms with Gasteiger partial charge >= 0.3 is 0 Å². The van der Waals surface area contributed by atoms with Gasteiger partial charge in [-0.3, -0.25) is 10.1 Å². The third-order valence-corrected chi connectivity index (χ3v) is 7.16. The highest BCUT2D eigenvalue weighted by molar-refractivity contribution is 5.88. The fourth-order valence-electron chi connectivity index (χ4n) is 5.38. The largest absolute Gasteiger partial charge is 0.269 e. The van der Waals surface area contributed by atoms with Crippen LogP contribution in [0.2, 0.25) is 0 Å². The van der Waals surface area contributed by atoms with E-state index in [1.165, 1.54) is 55.0 Å². The quantitative estimate of drug-likeness (QED) is 0.230. The lowest BCUT2D eigenvalue weighted by Gasteiger charge is -2.18. The molecule has 0 amide bonds. The highest BCUT2D eigenvalue weighted by Gasteiger charge is 2.22. The van der Waals surface area contributed by atoms with E-state index in [9.17, 15) is 10.1 Å². The molecule has 0 radical (unpaired) electrons. The molecule has 6 nitrogen and oxygen atoms in total. The van der Waals surface area contributed by atoms with Crippen molar-refractivity contribution in [2.45, 2.75) is 71.1 Å². The first-order chi connectivity index (χ1) is 17.1. The van der Waals surface area contributed by atoms with Crippen molar-refractivity contribution >= 4 is 16.7 Å². The predicted molar refractivity (Wildman–Crippen MR) is 140 cm³/mol. The number of rotatable bonds is 3. The van der Waals surface area contributed by atoms with Crippen LogP contribution in [0, 0.1) is 17.0 Å². The highest BCUT2D eigenvalue weighted by Crippen LogP contribution is 2.36. The van der Waals surface area contributed by atoms with Gasteiger partial charge in [0.25, 0.3) is 5.69 Å². The number of non-ortho nitro benzene ring substituents is 1. The SMILES string of the molecule is Cc1nn(-c2ccccc2)c2nc(-c3ccc([N+](=O)[O-])cc3)c3c(c12)CCCCCCCCCC3. The number of para-hydroxylation sites is 1. The summed E-state index contributed by atoms with van der Waals surface area (Å²) in [5.41, 5.74) is 7.50. The standard InChI is InChI=1S/C29H32N4O2/c1-21-27-25-15-11-6-4-2-3-5-7-12-16-26(25)28(22-17-19-24(20-18-22)33(34)35)30-29(27)32(31-21)23-13-9-8-10-14-23/h8-10,13-14,17-20H,2-7,11-12,15-16H2,1H3. The number of benzene rings is 2. The summed E-state index contributed by atoms with van der Waals surface area (Å²) in [5.74, 6) is 0. The fourth-order valence-corrected chi connectivity index (χ4v) is 5.38. The van der Waals surface area contributed by atoms with Crippen molar-refractivity contribution in [1.82, 2.24) is 14.8 Å². The Labute approximate surface area is 206 Å². The lowest BCUT2D eigenvalue weighted by molar-refractivity contribution is -0.384. The number of fused-ring (bicyclic) bond motifs is 3. The molecule has 4 aromatic rings. The number of hydrogen-bond acceptors (Lipinski definition) is 4. The summed E-state index contributed by atoms with van der Waals surface area (Å²) in [6, 6.07) is 17.0. The minimum atomic E-state index is -0.348. The van der Waals surface area contributed by atoms with Crippen molar-refractivity contribution < 1.29 is 4.92 Å². The van der Waals surface area contributed by atoms with Crippen molar-refractivity contribution in [3.05, 3.63) is 81.5 Å². The minimum absolute atomic E-state index is 0.101. The van der Waals surface area contributed by atoms with Gasteiger partial charge in [0, 0.05) is 23.1 Å². The predicted octanol–water partition coefficient (Wildman–Crippen LogP) is 7.52. The summed E-state index contributed by atoms with van der Waals surface area (Å²) in [7, 11) is 0. The average Bonchev–Trinajstić information content (AvgIpc) is 3.20. The molecule has 0 fully saturated rings. The number of nitrogens with zero attached hydrogens (tertiary/aromatic N) is 4. The highest BCUT2D eigenvalue weighted by atomic mass is 16.6. The zero-order valence-electron chi connectivity index (χ0n) is 20.4. The Morgan fingerprint density at radius 2 is 1.40 bits per heavy atom. The molecule has 0 saturated heterocycles. The van der Waals surface area contributed by atoms with Gasteiger partial charge in [-0.2, -0.15) is 5.10 Å². The van der Waals surface area contributed by atoms with Crippen LogP contribution in [0.4, 0.5) is 5.69 Å². The van der Waals surface area contributed by atoms with Gasteiger partial charge in [-0.25, -0.2) is 9.67 Å². The van der Waals surface area contributed by atoms with Crippen LogP contribution in [0.15, 0.2) is 54.6 Å². The summed E-state index contributed by atoms with van der Waals surface area (Å²) in [5, 5.41) is 17.4. The third-order valence-electron chi connectivity index (χ3n) is 7.16. The number of aromatic nitrogens is 3. The molecule has 2 aromatic heterocycles.